The first-order valence-electron chi connectivity index (χ1n) is 8.73. The van der Waals surface area contributed by atoms with Gasteiger partial charge in [0, 0.05) is 32.0 Å². The minimum Gasteiger partial charge on any atom is -0.338 e. The molecule has 128 valence electrons. The van der Waals surface area contributed by atoms with Gasteiger partial charge in [-0.2, -0.15) is 5.10 Å². The lowest BCUT2D eigenvalue weighted by Crippen LogP contribution is -2.47. The second-order valence-electron chi connectivity index (χ2n) is 6.95. The van der Waals surface area contributed by atoms with E-state index in [0.717, 1.165) is 25.2 Å². The monoisotopic (exact) mass is 326 g/mol. The Kier molecular flexibility index (Phi) is 5.18. The van der Waals surface area contributed by atoms with E-state index in [1.807, 2.05) is 21.8 Å². The molecule has 2 unspecified atom stereocenters. The van der Waals surface area contributed by atoms with Crippen molar-refractivity contribution in [2.75, 3.05) is 19.6 Å². The van der Waals surface area contributed by atoms with Gasteiger partial charge in [0.05, 0.1) is 5.69 Å². The first kappa shape index (κ1) is 16.6. The van der Waals surface area contributed by atoms with Crippen LogP contribution in [0.15, 0.2) is 42.7 Å². The Morgan fingerprint density at radius 3 is 2.54 bits per heavy atom. The van der Waals surface area contributed by atoms with Crippen molar-refractivity contribution in [2.45, 2.75) is 26.7 Å². The van der Waals surface area contributed by atoms with Crippen LogP contribution in [-0.4, -0.2) is 40.3 Å². The Bertz CT molecular complexity index is 641. The number of carbonyl (C=O) groups excluding carboxylic acids is 1. The third-order valence-electron chi connectivity index (χ3n) is 4.55. The topological polar surface area (TPSA) is 50.2 Å². The predicted octanol–water partition coefficient (Wildman–Crippen LogP) is 3.10. The summed E-state index contributed by atoms with van der Waals surface area (Å²) in [5, 5.41) is 7.27. The molecule has 0 radical (unpaired) electrons. The summed E-state index contributed by atoms with van der Waals surface area (Å²) in [5.74, 6) is 1.18. The molecule has 2 heterocycles. The van der Waals surface area contributed by atoms with Crippen molar-refractivity contribution in [3.05, 3.63) is 48.3 Å². The van der Waals surface area contributed by atoms with Gasteiger partial charge in [0.1, 0.15) is 0 Å². The fourth-order valence-electron chi connectivity index (χ4n) is 3.49. The normalized spacial score (nSPS) is 20.8. The van der Waals surface area contributed by atoms with Crippen molar-refractivity contribution < 1.29 is 4.79 Å². The Hall–Kier alpha value is -2.30. The molecule has 2 amide bonds. The van der Waals surface area contributed by atoms with Crippen LogP contribution in [0.1, 0.15) is 25.8 Å². The number of urea groups is 1. The summed E-state index contributed by atoms with van der Waals surface area (Å²) >= 11 is 0. The molecule has 0 bridgehead atoms. The molecule has 24 heavy (non-hydrogen) atoms. The van der Waals surface area contributed by atoms with E-state index in [1.54, 1.807) is 6.20 Å². The smallest absolute Gasteiger partial charge is 0.317 e. The zero-order valence-electron chi connectivity index (χ0n) is 14.5. The maximum atomic E-state index is 12.3. The predicted molar refractivity (Wildman–Crippen MR) is 95.2 cm³/mol. The van der Waals surface area contributed by atoms with Crippen LogP contribution in [-0.2, 0) is 6.42 Å². The first-order chi connectivity index (χ1) is 11.6. The number of hydrogen-bond acceptors (Lipinski definition) is 2. The molecule has 1 N–H and O–H groups in total. The Balaban J connectivity index is 1.47. The second-order valence-corrected chi connectivity index (χ2v) is 6.95. The van der Waals surface area contributed by atoms with E-state index in [4.69, 9.17) is 0 Å². The Labute approximate surface area is 143 Å². The van der Waals surface area contributed by atoms with Gasteiger partial charge in [-0.1, -0.05) is 26.0 Å². The van der Waals surface area contributed by atoms with Gasteiger partial charge in [-0.25, -0.2) is 9.48 Å². The molecule has 0 saturated carbocycles. The van der Waals surface area contributed by atoms with E-state index >= 15 is 0 Å². The molecule has 0 aliphatic carbocycles. The molecule has 1 saturated heterocycles. The van der Waals surface area contributed by atoms with Crippen molar-refractivity contribution in [3.63, 3.8) is 0 Å². The number of likely N-dealkylation sites (tertiary alicyclic amines) is 1. The highest BCUT2D eigenvalue weighted by molar-refractivity contribution is 5.74. The molecule has 5 nitrogen and oxygen atoms in total. The van der Waals surface area contributed by atoms with Gasteiger partial charge in [-0.3, -0.25) is 0 Å². The van der Waals surface area contributed by atoms with E-state index < -0.39 is 0 Å². The molecule has 2 aromatic rings. The minimum absolute atomic E-state index is 0.0709. The average molecular weight is 326 g/mol. The molecular formula is C19H26N4O. The summed E-state index contributed by atoms with van der Waals surface area (Å²) in [5.41, 5.74) is 2.26. The fraction of sp³-hybridized carbons (Fsp3) is 0.474. The van der Waals surface area contributed by atoms with Crippen LogP contribution in [0.25, 0.3) is 5.69 Å². The molecular weight excluding hydrogens is 300 g/mol. The lowest BCUT2D eigenvalue weighted by Gasteiger charge is -2.34. The van der Waals surface area contributed by atoms with E-state index in [0.29, 0.717) is 18.4 Å². The Morgan fingerprint density at radius 1 is 1.21 bits per heavy atom. The fourth-order valence-corrected chi connectivity index (χ4v) is 3.49. The third kappa shape index (κ3) is 4.16. The summed E-state index contributed by atoms with van der Waals surface area (Å²) in [6, 6.07) is 10.3. The van der Waals surface area contributed by atoms with Gasteiger partial charge < -0.3 is 10.2 Å². The minimum atomic E-state index is 0.0709. The van der Waals surface area contributed by atoms with Gasteiger partial charge in [0.25, 0.3) is 0 Å². The third-order valence-corrected chi connectivity index (χ3v) is 4.55. The standard InChI is InChI=1S/C19H26N4O/c1-15-12-16(2)14-22(13-15)19(24)20-10-8-17-4-6-18(7-5-17)23-11-3-9-21-23/h3-7,9,11,15-16H,8,10,12-14H2,1-2H3,(H,20,24). The zero-order valence-corrected chi connectivity index (χ0v) is 14.5. The molecule has 1 fully saturated rings. The van der Waals surface area contributed by atoms with Crippen LogP contribution in [0.4, 0.5) is 4.79 Å². The number of benzene rings is 1. The SMILES string of the molecule is CC1CC(C)CN(C(=O)NCCc2ccc(-n3cccn3)cc2)C1. The van der Waals surface area contributed by atoms with Crippen LogP contribution < -0.4 is 5.32 Å². The summed E-state index contributed by atoms with van der Waals surface area (Å²) in [6.45, 7) is 6.84. The molecule has 0 spiro atoms. The largest absolute Gasteiger partial charge is 0.338 e. The average Bonchev–Trinajstić information content (AvgIpc) is 3.09. The highest BCUT2D eigenvalue weighted by Gasteiger charge is 2.24. The summed E-state index contributed by atoms with van der Waals surface area (Å²) in [6.07, 6.45) is 5.75. The summed E-state index contributed by atoms with van der Waals surface area (Å²) < 4.78 is 1.84. The second kappa shape index (κ2) is 7.51. The highest BCUT2D eigenvalue weighted by Crippen LogP contribution is 2.20. The number of piperidine rings is 1. The Morgan fingerprint density at radius 2 is 1.92 bits per heavy atom. The molecule has 1 aliphatic rings. The number of nitrogens with one attached hydrogen (secondary N) is 1. The number of amides is 2. The molecule has 2 atom stereocenters. The van der Waals surface area contributed by atoms with Crippen molar-refractivity contribution in [1.82, 2.24) is 20.0 Å². The van der Waals surface area contributed by atoms with Crippen molar-refractivity contribution in [1.29, 1.82) is 0 Å². The van der Waals surface area contributed by atoms with Crippen molar-refractivity contribution in [3.8, 4) is 5.69 Å². The van der Waals surface area contributed by atoms with E-state index in [2.05, 4.69) is 48.5 Å². The van der Waals surface area contributed by atoms with Gasteiger partial charge in [-0.15, -0.1) is 0 Å². The van der Waals surface area contributed by atoms with Crippen LogP contribution >= 0.6 is 0 Å². The summed E-state index contributed by atoms with van der Waals surface area (Å²) in [4.78, 5) is 14.3. The van der Waals surface area contributed by atoms with E-state index in [1.165, 1.54) is 12.0 Å². The molecule has 1 aromatic heterocycles. The number of aromatic nitrogens is 2. The van der Waals surface area contributed by atoms with Crippen molar-refractivity contribution >= 4 is 6.03 Å². The number of carbonyl (C=O) groups is 1. The highest BCUT2D eigenvalue weighted by atomic mass is 16.2. The van der Waals surface area contributed by atoms with E-state index in [9.17, 15) is 4.79 Å². The number of nitrogens with zero attached hydrogens (tertiary/aromatic N) is 3. The van der Waals surface area contributed by atoms with Crippen molar-refractivity contribution in [2.24, 2.45) is 11.8 Å². The van der Waals surface area contributed by atoms with E-state index in [-0.39, 0.29) is 6.03 Å². The first-order valence-corrected chi connectivity index (χ1v) is 8.73. The number of rotatable bonds is 4. The maximum absolute atomic E-state index is 12.3. The maximum Gasteiger partial charge on any atom is 0.317 e. The van der Waals surface area contributed by atoms with Gasteiger partial charge in [-0.05, 0) is 48.4 Å². The van der Waals surface area contributed by atoms with Crippen LogP contribution in [0.5, 0.6) is 0 Å². The van der Waals surface area contributed by atoms with Crippen LogP contribution in [0.3, 0.4) is 0 Å². The molecule has 1 aromatic carbocycles. The van der Waals surface area contributed by atoms with Gasteiger partial charge >= 0.3 is 6.03 Å². The van der Waals surface area contributed by atoms with Gasteiger partial charge in [0.2, 0.25) is 0 Å². The van der Waals surface area contributed by atoms with Gasteiger partial charge in [0.15, 0.2) is 0 Å². The zero-order chi connectivity index (χ0) is 16.9. The lowest BCUT2D eigenvalue weighted by molar-refractivity contribution is 0.146. The molecule has 3 rings (SSSR count). The lowest BCUT2D eigenvalue weighted by atomic mass is 9.92. The quantitative estimate of drug-likeness (QED) is 0.938. The molecule has 5 heteroatoms. The molecule has 1 aliphatic heterocycles. The van der Waals surface area contributed by atoms with Crippen LogP contribution in [0, 0.1) is 11.8 Å². The summed E-state index contributed by atoms with van der Waals surface area (Å²) in [7, 11) is 0. The number of hydrogen-bond donors (Lipinski definition) is 1. The van der Waals surface area contributed by atoms with Crippen LogP contribution in [0.2, 0.25) is 0 Å².